The SMILES string of the molecule is O=C(O)CCCNC(=O)Cc1ccc(F)cc1Cl. The number of benzene rings is 1. The molecule has 0 spiro atoms. The number of carbonyl (C=O) groups is 2. The first kappa shape index (κ1) is 14.4. The molecule has 2 N–H and O–H groups in total. The van der Waals surface area contributed by atoms with Gasteiger partial charge in [-0.15, -0.1) is 0 Å². The molecule has 0 unspecified atom stereocenters. The van der Waals surface area contributed by atoms with Crippen LogP contribution in [0.1, 0.15) is 18.4 Å². The maximum atomic E-state index is 12.8. The molecule has 0 heterocycles. The number of carbonyl (C=O) groups excluding carboxylic acids is 1. The molecule has 18 heavy (non-hydrogen) atoms. The molecule has 0 saturated heterocycles. The van der Waals surface area contributed by atoms with Crippen LogP contribution in [0.3, 0.4) is 0 Å². The van der Waals surface area contributed by atoms with Gasteiger partial charge in [-0.25, -0.2) is 4.39 Å². The first-order valence-electron chi connectivity index (χ1n) is 5.41. The van der Waals surface area contributed by atoms with E-state index in [4.69, 9.17) is 16.7 Å². The average Bonchev–Trinajstić information content (AvgIpc) is 2.28. The highest BCUT2D eigenvalue weighted by Gasteiger charge is 2.07. The number of rotatable bonds is 6. The van der Waals surface area contributed by atoms with Crippen LogP contribution in [0, 0.1) is 5.82 Å². The van der Waals surface area contributed by atoms with Crippen molar-refractivity contribution in [3.63, 3.8) is 0 Å². The minimum absolute atomic E-state index is 0.0115. The normalized spacial score (nSPS) is 10.1. The summed E-state index contributed by atoms with van der Waals surface area (Å²) in [5.74, 6) is -1.62. The Kier molecular flexibility index (Phi) is 5.58. The third kappa shape index (κ3) is 5.14. The molecule has 0 aliphatic heterocycles. The zero-order valence-corrected chi connectivity index (χ0v) is 10.3. The number of amides is 1. The Morgan fingerprint density at radius 1 is 1.39 bits per heavy atom. The lowest BCUT2D eigenvalue weighted by molar-refractivity contribution is -0.137. The van der Waals surface area contributed by atoms with Crippen LogP contribution >= 0.6 is 11.6 Å². The minimum Gasteiger partial charge on any atom is -0.481 e. The quantitative estimate of drug-likeness (QED) is 0.779. The van der Waals surface area contributed by atoms with Crippen molar-refractivity contribution in [2.45, 2.75) is 19.3 Å². The molecule has 1 aromatic carbocycles. The van der Waals surface area contributed by atoms with Gasteiger partial charge in [0.2, 0.25) is 5.91 Å². The molecule has 0 atom stereocenters. The van der Waals surface area contributed by atoms with Crippen LogP contribution < -0.4 is 5.32 Å². The van der Waals surface area contributed by atoms with Crippen molar-refractivity contribution in [3.8, 4) is 0 Å². The van der Waals surface area contributed by atoms with Gasteiger partial charge < -0.3 is 10.4 Å². The number of hydrogen-bond donors (Lipinski definition) is 2. The van der Waals surface area contributed by atoms with Crippen molar-refractivity contribution >= 4 is 23.5 Å². The molecule has 6 heteroatoms. The molecule has 0 fully saturated rings. The molecule has 1 aromatic rings. The van der Waals surface area contributed by atoms with Gasteiger partial charge in [-0.3, -0.25) is 9.59 Å². The van der Waals surface area contributed by atoms with E-state index in [1.54, 1.807) is 0 Å². The number of carboxylic acid groups (broad SMARTS) is 1. The number of aliphatic carboxylic acids is 1. The number of carboxylic acids is 1. The molecule has 0 bridgehead atoms. The van der Waals surface area contributed by atoms with Crippen LogP contribution in [0.15, 0.2) is 18.2 Å². The van der Waals surface area contributed by atoms with Crippen LogP contribution in [-0.2, 0) is 16.0 Å². The number of nitrogens with one attached hydrogen (secondary N) is 1. The Labute approximate surface area is 109 Å². The molecule has 0 saturated carbocycles. The Balaban J connectivity index is 2.38. The van der Waals surface area contributed by atoms with Gasteiger partial charge in [-0.2, -0.15) is 0 Å². The van der Waals surface area contributed by atoms with E-state index >= 15 is 0 Å². The molecule has 1 amide bonds. The van der Waals surface area contributed by atoms with E-state index in [1.165, 1.54) is 12.1 Å². The summed E-state index contributed by atoms with van der Waals surface area (Å²) in [7, 11) is 0. The van der Waals surface area contributed by atoms with E-state index in [0.29, 0.717) is 18.5 Å². The molecule has 0 aliphatic carbocycles. The summed E-state index contributed by atoms with van der Waals surface area (Å²) in [6.07, 6.45) is 0.433. The lowest BCUT2D eigenvalue weighted by Crippen LogP contribution is -2.26. The lowest BCUT2D eigenvalue weighted by atomic mass is 10.1. The smallest absolute Gasteiger partial charge is 0.303 e. The third-order valence-electron chi connectivity index (χ3n) is 2.26. The summed E-state index contributed by atoms with van der Waals surface area (Å²) in [4.78, 5) is 21.7. The molecular formula is C12H13ClFNO3. The zero-order chi connectivity index (χ0) is 13.5. The van der Waals surface area contributed by atoms with Crippen molar-refractivity contribution in [1.29, 1.82) is 0 Å². The van der Waals surface area contributed by atoms with E-state index in [0.717, 1.165) is 6.07 Å². The highest BCUT2D eigenvalue weighted by Crippen LogP contribution is 2.17. The second-order valence-electron chi connectivity index (χ2n) is 3.76. The second-order valence-corrected chi connectivity index (χ2v) is 4.17. The van der Waals surface area contributed by atoms with Gasteiger partial charge >= 0.3 is 5.97 Å². The van der Waals surface area contributed by atoms with E-state index in [1.807, 2.05) is 0 Å². The summed E-state index contributed by atoms with van der Waals surface area (Å²) in [6, 6.07) is 3.84. The van der Waals surface area contributed by atoms with Crippen LogP contribution in [0.2, 0.25) is 5.02 Å². The highest BCUT2D eigenvalue weighted by molar-refractivity contribution is 6.31. The van der Waals surface area contributed by atoms with Crippen LogP contribution in [0.4, 0.5) is 4.39 Å². The largest absolute Gasteiger partial charge is 0.481 e. The average molecular weight is 274 g/mol. The maximum Gasteiger partial charge on any atom is 0.303 e. The molecule has 0 radical (unpaired) electrons. The van der Waals surface area contributed by atoms with Crippen molar-refractivity contribution in [2.24, 2.45) is 0 Å². The topological polar surface area (TPSA) is 66.4 Å². The van der Waals surface area contributed by atoms with Crippen LogP contribution in [-0.4, -0.2) is 23.5 Å². The van der Waals surface area contributed by atoms with Gasteiger partial charge in [0.05, 0.1) is 6.42 Å². The molecule has 0 aromatic heterocycles. The number of halogens is 2. The third-order valence-corrected chi connectivity index (χ3v) is 2.61. The number of hydrogen-bond acceptors (Lipinski definition) is 2. The van der Waals surface area contributed by atoms with Gasteiger partial charge in [0.15, 0.2) is 0 Å². The molecular weight excluding hydrogens is 261 g/mol. The predicted octanol–water partition coefficient (Wildman–Crippen LogP) is 2.00. The van der Waals surface area contributed by atoms with E-state index in [-0.39, 0.29) is 23.8 Å². The summed E-state index contributed by atoms with van der Waals surface area (Å²) in [5, 5.41) is 11.2. The maximum absolute atomic E-state index is 12.8. The standard InChI is InChI=1S/C12H13ClFNO3/c13-10-7-9(14)4-3-8(10)6-11(16)15-5-1-2-12(17)18/h3-4,7H,1-2,5-6H2,(H,15,16)(H,17,18). The lowest BCUT2D eigenvalue weighted by Gasteiger charge is -2.06. The van der Waals surface area contributed by atoms with Crippen molar-refractivity contribution in [1.82, 2.24) is 5.32 Å². The highest BCUT2D eigenvalue weighted by atomic mass is 35.5. The van der Waals surface area contributed by atoms with Crippen LogP contribution in [0.5, 0.6) is 0 Å². The second kappa shape index (κ2) is 6.96. The van der Waals surface area contributed by atoms with Gasteiger partial charge in [0.25, 0.3) is 0 Å². The van der Waals surface area contributed by atoms with E-state index in [9.17, 15) is 14.0 Å². The molecule has 4 nitrogen and oxygen atoms in total. The van der Waals surface area contributed by atoms with Gasteiger partial charge in [0, 0.05) is 18.0 Å². The summed E-state index contributed by atoms with van der Waals surface area (Å²) >= 11 is 5.78. The fourth-order valence-corrected chi connectivity index (χ4v) is 1.60. The fourth-order valence-electron chi connectivity index (χ4n) is 1.37. The van der Waals surface area contributed by atoms with Gasteiger partial charge in [-0.05, 0) is 24.1 Å². The summed E-state index contributed by atoms with van der Waals surface area (Å²) in [6.45, 7) is 0.296. The first-order chi connectivity index (χ1) is 8.49. The molecule has 0 aliphatic rings. The van der Waals surface area contributed by atoms with E-state index < -0.39 is 11.8 Å². The Morgan fingerprint density at radius 3 is 2.72 bits per heavy atom. The fraction of sp³-hybridized carbons (Fsp3) is 0.333. The van der Waals surface area contributed by atoms with E-state index in [2.05, 4.69) is 5.32 Å². The van der Waals surface area contributed by atoms with Gasteiger partial charge in [-0.1, -0.05) is 17.7 Å². The first-order valence-corrected chi connectivity index (χ1v) is 5.79. The molecule has 1 rings (SSSR count). The Hall–Kier alpha value is -1.62. The van der Waals surface area contributed by atoms with Crippen molar-refractivity contribution < 1.29 is 19.1 Å². The van der Waals surface area contributed by atoms with Gasteiger partial charge in [0.1, 0.15) is 5.82 Å². The predicted molar refractivity (Wildman–Crippen MR) is 65.0 cm³/mol. The molecule has 98 valence electrons. The Morgan fingerprint density at radius 2 is 2.11 bits per heavy atom. The zero-order valence-electron chi connectivity index (χ0n) is 9.58. The monoisotopic (exact) mass is 273 g/mol. The van der Waals surface area contributed by atoms with Crippen molar-refractivity contribution in [3.05, 3.63) is 34.6 Å². The Bertz CT molecular complexity index is 451. The van der Waals surface area contributed by atoms with Crippen LogP contribution in [0.25, 0.3) is 0 Å². The minimum atomic E-state index is -0.897. The summed E-state index contributed by atoms with van der Waals surface area (Å²) < 4.78 is 12.8. The summed E-state index contributed by atoms with van der Waals surface area (Å²) in [5.41, 5.74) is 0.536. The van der Waals surface area contributed by atoms with Crippen molar-refractivity contribution in [2.75, 3.05) is 6.54 Å².